The zero-order valence-corrected chi connectivity index (χ0v) is 16.3. The van der Waals surface area contributed by atoms with Crippen LogP contribution in [0.15, 0.2) is 47.4 Å². The standard InChI is InChI=1S/C20H23N7O2/c1-26-9-11-27(12-10-26)17-5-4-16(14-22-17)23-18(28)6-7-19-24-20(25-29-19)15-3-2-8-21-13-15/h2-5,8,13-14H,6-7,9-12H2,1H3,(H,23,28). The molecular weight excluding hydrogens is 370 g/mol. The summed E-state index contributed by atoms with van der Waals surface area (Å²) in [5.41, 5.74) is 1.45. The van der Waals surface area contributed by atoms with Gasteiger partial charge >= 0.3 is 0 Å². The van der Waals surface area contributed by atoms with Crippen molar-refractivity contribution in [2.24, 2.45) is 0 Å². The topological polar surface area (TPSA) is 100 Å². The summed E-state index contributed by atoms with van der Waals surface area (Å²) in [7, 11) is 2.12. The molecular formula is C20H23N7O2. The minimum absolute atomic E-state index is 0.125. The van der Waals surface area contributed by atoms with E-state index in [1.807, 2.05) is 24.3 Å². The van der Waals surface area contributed by atoms with Gasteiger partial charge in [0.2, 0.25) is 17.6 Å². The molecule has 4 rings (SSSR count). The number of hydrogen-bond donors (Lipinski definition) is 1. The molecule has 0 aromatic carbocycles. The lowest BCUT2D eigenvalue weighted by atomic mass is 10.2. The zero-order chi connectivity index (χ0) is 20.1. The number of nitrogens with zero attached hydrogens (tertiary/aromatic N) is 6. The maximum Gasteiger partial charge on any atom is 0.227 e. The highest BCUT2D eigenvalue weighted by Gasteiger charge is 2.15. The van der Waals surface area contributed by atoms with Gasteiger partial charge in [-0.15, -0.1) is 0 Å². The third-order valence-corrected chi connectivity index (χ3v) is 4.81. The molecule has 1 aliphatic heterocycles. The molecule has 0 atom stereocenters. The highest BCUT2D eigenvalue weighted by atomic mass is 16.5. The highest BCUT2D eigenvalue weighted by Crippen LogP contribution is 2.17. The molecule has 3 aromatic heterocycles. The Morgan fingerprint density at radius 2 is 2.03 bits per heavy atom. The molecule has 0 unspecified atom stereocenters. The first kappa shape index (κ1) is 19.0. The lowest BCUT2D eigenvalue weighted by molar-refractivity contribution is -0.116. The van der Waals surface area contributed by atoms with Crippen molar-refractivity contribution >= 4 is 17.4 Å². The van der Waals surface area contributed by atoms with E-state index in [2.05, 4.69) is 42.3 Å². The predicted molar refractivity (Wildman–Crippen MR) is 108 cm³/mol. The first-order chi connectivity index (χ1) is 14.2. The molecule has 0 spiro atoms. The quantitative estimate of drug-likeness (QED) is 0.677. The van der Waals surface area contributed by atoms with Gasteiger partial charge in [-0.3, -0.25) is 9.78 Å². The highest BCUT2D eigenvalue weighted by molar-refractivity contribution is 5.90. The third-order valence-electron chi connectivity index (χ3n) is 4.81. The van der Waals surface area contributed by atoms with Gasteiger partial charge < -0.3 is 19.6 Å². The minimum Gasteiger partial charge on any atom is -0.354 e. The van der Waals surface area contributed by atoms with Crippen molar-refractivity contribution in [3.05, 3.63) is 48.7 Å². The van der Waals surface area contributed by atoms with Crippen molar-refractivity contribution in [3.8, 4) is 11.4 Å². The second-order valence-corrected chi connectivity index (χ2v) is 7.00. The molecule has 0 bridgehead atoms. The van der Waals surface area contributed by atoms with Crippen LogP contribution in [0.25, 0.3) is 11.4 Å². The van der Waals surface area contributed by atoms with Crippen molar-refractivity contribution in [2.75, 3.05) is 43.4 Å². The second kappa shape index (κ2) is 8.78. The average Bonchev–Trinajstić information content (AvgIpc) is 3.23. The van der Waals surface area contributed by atoms with Crippen LogP contribution in [0.2, 0.25) is 0 Å². The summed E-state index contributed by atoms with van der Waals surface area (Å²) in [6.45, 7) is 3.97. The Balaban J connectivity index is 1.27. The van der Waals surface area contributed by atoms with Crippen LogP contribution in [-0.4, -0.2) is 64.1 Å². The third kappa shape index (κ3) is 4.94. The summed E-state index contributed by atoms with van der Waals surface area (Å²) in [6, 6.07) is 7.49. The zero-order valence-electron chi connectivity index (χ0n) is 16.3. The molecule has 0 saturated carbocycles. The van der Waals surface area contributed by atoms with Gasteiger partial charge in [-0.25, -0.2) is 4.98 Å². The molecule has 1 N–H and O–H groups in total. The molecule has 1 saturated heterocycles. The number of pyridine rings is 2. The van der Waals surface area contributed by atoms with E-state index in [0.29, 0.717) is 23.8 Å². The number of hydrogen-bond acceptors (Lipinski definition) is 8. The molecule has 9 nitrogen and oxygen atoms in total. The molecule has 1 amide bonds. The van der Waals surface area contributed by atoms with Crippen molar-refractivity contribution in [3.63, 3.8) is 0 Å². The molecule has 1 aliphatic rings. The van der Waals surface area contributed by atoms with E-state index in [9.17, 15) is 4.79 Å². The number of carbonyl (C=O) groups is 1. The number of aryl methyl sites for hydroxylation is 1. The normalized spacial score (nSPS) is 14.7. The summed E-state index contributed by atoms with van der Waals surface area (Å²) >= 11 is 0. The van der Waals surface area contributed by atoms with Crippen LogP contribution >= 0.6 is 0 Å². The lowest BCUT2D eigenvalue weighted by Gasteiger charge is -2.33. The Labute approximate surface area is 168 Å². The Hall–Kier alpha value is -3.33. The fourth-order valence-corrected chi connectivity index (χ4v) is 3.10. The van der Waals surface area contributed by atoms with E-state index >= 15 is 0 Å². The molecule has 29 heavy (non-hydrogen) atoms. The second-order valence-electron chi connectivity index (χ2n) is 7.00. The maximum atomic E-state index is 12.2. The predicted octanol–water partition coefficient (Wildman–Crippen LogP) is 1.85. The average molecular weight is 393 g/mol. The van der Waals surface area contributed by atoms with Crippen molar-refractivity contribution in [2.45, 2.75) is 12.8 Å². The Morgan fingerprint density at radius 1 is 1.17 bits per heavy atom. The van der Waals surface area contributed by atoms with Gasteiger partial charge in [-0.05, 0) is 31.3 Å². The summed E-state index contributed by atoms with van der Waals surface area (Å²) in [5.74, 6) is 1.70. The first-order valence-electron chi connectivity index (χ1n) is 9.60. The van der Waals surface area contributed by atoms with Crippen LogP contribution in [0.4, 0.5) is 11.5 Å². The van der Waals surface area contributed by atoms with Crippen LogP contribution in [0.1, 0.15) is 12.3 Å². The van der Waals surface area contributed by atoms with Crippen molar-refractivity contribution < 1.29 is 9.32 Å². The molecule has 3 aromatic rings. The number of anilines is 2. The number of likely N-dealkylation sites (N-methyl/N-ethyl adjacent to an activating group) is 1. The van der Waals surface area contributed by atoms with Crippen LogP contribution in [0, 0.1) is 0 Å². The van der Waals surface area contributed by atoms with Crippen LogP contribution < -0.4 is 10.2 Å². The van der Waals surface area contributed by atoms with Crippen LogP contribution in [-0.2, 0) is 11.2 Å². The maximum absolute atomic E-state index is 12.2. The lowest BCUT2D eigenvalue weighted by Crippen LogP contribution is -2.44. The largest absolute Gasteiger partial charge is 0.354 e. The summed E-state index contributed by atoms with van der Waals surface area (Å²) < 4.78 is 5.22. The minimum atomic E-state index is -0.125. The first-order valence-corrected chi connectivity index (χ1v) is 9.60. The number of nitrogens with one attached hydrogen (secondary N) is 1. The summed E-state index contributed by atoms with van der Waals surface area (Å²) in [5, 5.41) is 6.79. The molecule has 9 heteroatoms. The fraction of sp³-hybridized carbons (Fsp3) is 0.350. The summed E-state index contributed by atoms with van der Waals surface area (Å²) in [4.78, 5) is 29.6. The SMILES string of the molecule is CN1CCN(c2ccc(NC(=O)CCc3nc(-c4cccnc4)no3)cn2)CC1. The van der Waals surface area contributed by atoms with Gasteiger partial charge in [0.1, 0.15) is 5.82 Å². The molecule has 150 valence electrons. The van der Waals surface area contributed by atoms with Gasteiger partial charge in [0.15, 0.2) is 0 Å². The molecule has 4 heterocycles. The van der Waals surface area contributed by atoms with Gasteiger partial charge in [0, 0.05) is 57.0 Å². The van der Waals surface area contributed by atoms with Crippen LogP contribution in [0.3, 0.4) is 0 Å². The van der Waals surface area contributed by atoms with E-state index in [0.717, 1.165) is 37.6 Å². The van der Waals surface area contributed by atoms with E-state index < -0.39 is 0 Å². The smallest absolute Gasteiger partial charge is 0.227 e. The van der Waals surface area contributed by atoms with E-state index in [4.69, 9.17) is 4.52 Å². The van der Waals surface area contributed by atoms with Crippen molar-refractivity contribution in [1.29, 1.82) is 0 Å². The van der Waals surface area contributed by atoms with E-state index in [-0.39, 0.29) is 12.3 Å². The monoisotopic (exact) mass is 393 g/mol. The number of piperazine rings is 1. The van der Waals surface area contributed by atoms with Gasteiger partial charge in [-0.2, -0.15) is 4.98 Å². The summed E-state index contributed by atoms with van der Waals surface area (Å²) in [6.07, 6.45) is 5.65. The number of amides is 1. The van der Waals surface area contributed by atoms with Gasteiger partial charge in [-0.1, -0.05) is 5.16 Å². The van der Waals surface area contributed by atoms with Crippen molar-refractivity contribution in [1.82, 2.24) is 25.0 Å². The fourth-order valence-electron chi connectivity index (χ4n) is 3.10. The van der Waals surface area contributed by atoms with Crippen LogP contribution in [0.5, 0.6) is 0 Å². The molecule has 1 fully saturated rings. The number of aromatic nitrogens is 4. The van der Waals surface area contributed by atoms with E-state index in [1.165, 1.54) is 0 Å². The van der Waals surface area contributed by atoms with Gasteiger partial charge in [0.05, 0.1) is 11.9 Å². The number of carbonyl (C=O) groups excluding carboxylic acids is 1. The molecule has 0 aliphatic carbocycles. The number of rotatable bonds is 6. The molecule has 0 radical (unpaired) electrons. The van der Waals surface area contributed by atoms with Gasteiger partial charge in [0.25, 0.3) is 0 Å². The Kier molecular flexibility index (Phi) is 5.76. The Morgan fingerprint density at radius 3 is 2.76 bits per heavy atom. The Bertz CT molecular complexity index is 935. The van der Waals surface area contributed by atoms with E-state index in [1.54, 1.807) is 18.6 Å².